The molecule has 1 aromatic heterocycles. The monoisotopic (exact) mass is 345 g/mol. The smallest absolute Gasteiger partial charge is 0.238 e. The zero-order valence-electron chi connectivity index (χ0n) is 14.2. The van der Waals surface area contributed by atoms with Crippen LogP contribution in [-0.4, -0.2) is 36.9 Å². The Morgan fingerprint density at radius 3 is 2.42 bits per heavy atom. The van der Waals surface area contributed by atoms with Gasteiger partial charge in [0.2, 0.25) is 11.8 Å². The Morgan fingerprint density at radius 1 is 1.12 bits per heavy atom. The summed E-state index contributed by atoms with van der Waals surface area (Å²) in [5.74, 6) is -0.234. The molecule has 24 heavy (non-hydrogen) atoms. The predicted molar refractivity (Wildman–Crippen MR) is 98.2 cm³/mol. The standard InChI is InChI=1S/C18H23N3O2S/c1-13-6-8-15(9-7-13)20-18(23)12-21(3)11-17(22)19-14(2)16-5-4-10-24-16/h4-10,14H,11-12H2,1-3H3,(H,19,22)(H,20,23)/t14-/m1/s1. The third kappa shape index (κ3) is 5.79. The molecule has 0 unspecified atom stereocenters. The van der Waals surface area contributed by atoms with E-state index in [9.17, 15) is 9.59 Å². The SMILES string of the molecule is Cc1ccc(NC(=O)CN(C)CC(=O)N[C@H](C)c2cccs2)cc1. The summed E-state index contributed by atoms with van der Waals surface area (Å²) in [6.45, 7) is 4.29. The molecule has 2 rings (SSSR count). The summed E-state index contributed by atoms with van der Waals surface area (Å²) in [6, 6.07) is 11.5. The number of nitrogens with zero attached hydrogens (tertiary/aromatic N) is 1. The molecule has 0 saturated carbocycles. The summed E-state index contributed by atoms with van der Waals surface area (Å²) < 4.78 is 0. The number of rotatable bonds is 7. The Hall–Kier alpha value is -2.18. The van der Waals surface area contributed by atoms with Crippen LogP contribution in [0.4, 0.5) is 5.69 Å². The highest BCUT2D eigenvalue weighted by Crippen LogP contribution is 2.17. The molecule has 0 aliphatic carbocycles. The number of hydrogen-bond donors (Lipinski definition) is 2. The molecule has 1 aromatic carbocycles. The van der Waals surface area contributed by atoms with Gasteiger partial charge in [-0.15, -0.1) is 11.3 Å². The van der Waals surface area contributed by atoms with Gasteiger partial charge in [-0.1, -0.05) is 23.8 Å². The molecular weight excluding hydrogens is 322 g/mol. The van der Waals surface area contributed by atoms with Crippen molar-refractivity contribution in [1.29, 1.82) is 0 Å². The van der Waals surface area contributed by atoms with E-state index >= 15 is 0 Å². The normalized spacial score (nSPS) is 12.0. The highest BCUT2D eigenvalue weighted by atomic mass is 32.1. The minimum absolute atomic E-state index is 0.0210. The van der Waals surface area contributed by atoms with Gasteiger partial charge in [-0.3, -0.25) is 14.5 Å². The fourth-order valence-corrected chi connectivity index (χ4v) is 3.01. The average molecular weight is 345 g/mol. The molecule has 128 valence electrons. The van der Waals surface area contributed by atoms with Crippen LogP contribution >= 0.6 is 11.3 Å². The maximum Gasteiger partial charge on any atom is 0.238 e. The summed E-state index contributed by atoms with van der Waals surface area (Å²) in [6.07, 6.45) is 0. The van der Waals surface area contributed by atoms with Crippen LogP contribution in [0.25, 0.3) is 0 Å². The number of aryl methyl sites for hydroxylation is 1. The number of carbonyl (C=O) groups excluding carboxylic acids is 2. The molecule has 2 aromatic rings. The second-order valence-corrected chi connectivity index (χ2v) is 6.87. The first-order chi connectivity index (χ1) is 11.4. The minimum atomic E-state index is -0.138. The Labute approximate surface area is 146 Å². The Kier molecular flexibility index (Phi) is 6.52. The van der Waals surface area contributed by atoms with Crippen molar-refractivity contribution in [3.63, 3.8) is 0 Å². The van der Waals surface area contributed by atoms with E-state index < -0.39 is 0 Å². The zero-order valence-corrected chi connectivity index (χ0v) is 15.0. The highest BCUT2D eigenvalue weighted by Gasteiger charge is 2.14. The number of carbonyl (C=O) groups is 2. The topological polar surface area (TPSA) is 61.4 Å². The number of benzene rings is 1. The first kappa shape index (κ1) is 18.2. The van der Waals surface area contributed by atoms with Gasteiger partial charge in [0.25, 0.3) is 0 Å². The van der Waals surface area contributed by atoms with Gasteiger partial charge in [-0.25, -0.2) is 0 Å². The second-order valence-electron chi connectivity index (χ2n) is 5.89. The van der Waals surface area contributed by atoms with E-state index in [0.717, 1.165) is 16.1 Å². The molecule has 1 atom stereocenters. The average Bonchev–Trinajstić information content (AvgIpc) is 3.03. The Balaban J connectivity index is 1.75. The fraction of sp³-hybridized carbons (Fsp3) is 0.333. The maximum atomic E-state index is 12.1. The number of nitrogens with one attached hydrogen (secondary N) is 2. The molecular formula is C18H23N3O2S. The van der Waals surface area contributed by atoms with E-state index in [0.29, 0.717) is 0 Å². The van der Waals surface area contributed by atoms with E-state index in [4.69, 9.17) is 0 Å². The second kappa shape index (κ2) is 8.61. The molecule has 0 fully saturated rings. The van der Waals surface area contributed by atoms with Crippen molar-refractivity contribution in [2.24, 2.45) is 0 Å². The molecule has 5 nitrogen and oxygen atoms in total. The third-order valence-corrected chi connectivity index (χ3v) is 4.56. The third-order valence-electron chi connectivity index (χ3n) is 3.51. The lowest BCUT2D eigenvalue weighted by molar-refractivity contribution is -0.123. The number of hydrogen-bond acceptors (Lipinski definition) is 4. The number of thiophene rings is 1. The van der Waals surface area contributed by atoms with Gasteiger partial charge < -0.3 is 10.6 Å². The maximum absolute atomic E-state index is 12.1. The van der Waals surface area contributed by atoms with Crippen molar-refractivity contribution in [1.82, 2.24) is 10.2 Å². The molecule has 0 bridgehead atoms. The van der Waals surface area contributed by atoms with Crippen LogP contribution in [-0.2, 0) is 9.59 Å². The number of anilines is 1. The molecule has 0 radical (unpaired) electrons. The van der Waals surface area contributed by atoms with Crippen molar-refractivity contribution in [2.45, 2.75) is 19.9 Å². The van der Waals surface area contributed by atoms with Crippen LogP contribution < -0.4 is 10.6 Å². The van der Waals surface area contributed by atoms with Crippen molar-refractivity contribution < 1.29 is 9.59 Å². The van der Waals surface area contributed by atoms with E-state index in [1.807, 2.05) is 55.6 Å². The van der Waals surface area contributed by atoms with Crippen molar-refractivity contribution in [2.75, 3.05) is 25.5 Å². The van der Waals surface area contributed by atoms with Crippen LogP contribution in [0.1, 0.15) is 23.4 Å². The number of likely N-dealkylation sites (N-methyl/N-ethyl adjacent to an activating group) is 1. The van der Waals surface area contributed by atoms with Crippen molar-refractivity contribution >= 4 is 28.8 Å². The first-order valence-corrected chi connectivity index (χ1v) is 8.70. The van der Waals surface area contributed by atoms with Crippen molar-refractivity contribution in [3.05, 3.63) is 52.2 Å². The van der Waals surface area contributed by atoms with Crippen LogP contribution in [0.5, 0.6) is 0 Å². The van der Waals surface area contributed by atoms with Gasteiger partial charge in [0.05, 0.1) is 19.1 Å². The summed E-state index contributed by atoms with van der Waals surface area (Å²) in [4.78, 5) is 26.9. The van der Waals surface area contributed by atoms with Crippen LogP contribution in [0.3, 0.4) is 0 Å². The van der Waals surface area contributed by atoms with Gasteiger partial charge in [0.15, 0.2) is 0 Å². The molecule has 0 aliphatic rings. The van der Waals surface area contributed by atoms with Crippen LogP contribution in [0.15, 0.2) is 41.8 Å². The zero-order chi connectivity index (χ0) is 17.5. The largest absolute Gasteiger partial charge is 0.348 e. The fourth-order valence-electron chi connectivity index (χ4n) is 2.28. The van der Waals surface area contributed by atoms with Crippen LogP contribution in [0, 0.1) is 6.92 Å². The minimum Gasteiger partial charge on any atom is -0.348 e. The molecule has 2 N–H and O–H groups in total. The van der Waals surface area contributed by atoms with E-state index in [1.165, 1.54) is 0 Å². The molecule has 0 spiro atoms. The van der Waals surface area contributed by atoms with Gasteiger partial charge in [-0.05, 0) is 44.5 Å². The Morgan fingerprint density at radius 2 is 1.79 bits per heavy atom. The van der Waals surface area contributed by atoms with Crippen LogP contribution in [0.2, 0.25) is 0 Å². The van der Waals surface area contributed by atoms with E-state index in [-0.39, 0.29) is 30.9 Å². The quantitative estimate of drug-likeness (QED) is 0.811. The van der Waals surface area contributed by atoms with Gasteiger partial charge in [0, 0.05) is 10.6 Å². The summed E-state index contributed by atoms with van der Waals surface area (Å²) in [5, 5.41) is 7.75. The van der Waals surface area contributed by atoms with Gasteiger partial charge in [0.1, 0.15) is 0 Å². The summed E-state index contributed by atoms with van der Waals surface area (Å²) in [5.41, 5.74) is 1.90. The van der Waals surface area contributed by atoms with Gasteiger partial charge >= 0.3 is 0 Å². The molecule has 2 amide bonds. The Bertz CT molecular complexity index is 668. The lowest BCUT2D eigenvalue weighted by Gasteiger charge is -2.18. The van der Waals surface area contributed by atoms with Crippen molar-refractivity contribution in [3.8, 4) is 0 Å². The summed E-state index contributed by atoms with van der Waals surface area (Å²) >= 11 is 1.61. The molecule has 6 heteroatoms. The van der Waals surface area contributed by atoms with Gasteiger partial charge in [-0.2, -0.15) is 0 Å². The lowest BCUT2D eigenvalue weighted by atomic mass is 10.2. The molecule has 0 aliphatic heterocycles. The molecule has 1 heterocycles. The molecule has 0 saturated heterocycles. The number of amides is 2. The van der Waals surface area contributed by atoms with E-state index in [2.05, 4.69) is 10.6 Å². The highest BCUT2D eigenvalue weighted by molar-refractivity contribution is 7.10. The van der Waals surface area contributed by atoms with E-state index in [1.54, 1.807) is 23.3 Å². The lowest BCUT2D eigenvalue weighted by Crippen LogP contribution is -2.39. The summed E-state index contributed by atoms with van der Waals surface area (Å²) in [7, 11) is 1.75. The first-order valence-electron chi connectivity index (χ1n) is 7.82. The predicted octanol–water partition coefficient (Wildman–Crippen LogP) is 2.80.